The van der Waals surface area contributed by atoms with Gasteiger partial charge in [-0.25, -0.2) is 10.2 Å². The van der Waals surface area contributed by atoms with Gasteiger partial charge in [0.15, 0.2) is 17.6 Å². The fraction of sp³-hybridized carbons (Fsp3) is 0.160. The summed E-state index contributed by atoms with van der Waals surface area (Å²) in [7, 11) is 2.99. The number of esters is 1. The van der Waals surface area contributed by atoms with Crippen LogP contribution in [0.4, 0.5) is 0 Å². The lowest BCUT2D eigenvalue weighted by Gasteiger charge is -2.14. The molecule has 1 atom stereocenters. The number of nitrogens with one attached hydrogen (secondary N) is 1. The molecule has 8 nitrogen and oxygen atoms in total. The predicted molar refractivity (Wildman–Crippen MR) is 133 cm³/mol. The average Bonchev–Trinajstić information content (AvgIpc) is 2.86. The Morgan fingerprint density at radius 1 is 0.914 bits per heavy atom. The van der Waals surface area contributed by atoms with Crippen LogP contribution >= 0.6 is 23.2 Å². The highest BCUT2D eigenvalue weighted by atomic mass is 35.5. The van der Waals surface area contributed by atoms with Crippen LogP contribution in [-0.4, -0.2) is 38.4 Å². The lowest BCUT2D eigenvalue weighted by molar-refractivity contribution is -0.127. The molecule has 3 rings (SSSR count). The minimum absolute atomic E-state index is 0.233. The Hall–Kier alpha value is -3.75. The van der Waals surface area contributed by atoms with Gasteiger partial charge in [-0.2, -0.15) is 5.10 Å². The third kappa shape index (κ3) is 7.11. The van der Waals surface area contributed by atoms with Crippen LogP contribution in [0, 0.1) is 0 Å². The van der Waals surface area contributed by atoms with Gasteiger partial charge >= 0.3 is 5.97 Å². The van der Waals surface area contributed by atoms with Gasteiger partial charge in [-0.3, -0.25) is 4.79 Å². The van der Waals surface area contributed by atoms with Gasteiger partial charge in [0.25, 0.3) is 5.91 Å². The number of amides is 1. The third-order valence-corrected chi connectivity index (χ3v) is 5.20. The number of halogens is 2. The molecule has 0 aliphatic rings. The van der Waals surface area contributed by atoms with E-state index in [1.54, 1.807) is 68.6 Å². The zero-order valence-corrected chi connectivity index (χ0v) is 20.6. The Bertz CT molecular complexity index is 1230. The molecule has 1 N–H and O–H groups in total. The van der Waals surface area contributed by atoms with E-state index < -0.39 is 18.0 Å². The van der Waals surface area contributed by atoms with Gasteiger partial charge in [0.2, 0.25) is 0 Å². The first-order valence-electron chi connectivity index (χ1n) is 10.3. The molecule has 0 saturated heterocycles. The Balaban J connectivity index is 1.60. The van der Waals surface area contributed by atoms with Gasteiger partial charge in [-0.05, 0) is 73.2 Å². The summed E-state index contributed by atoms with van der Waals surface area (Å²) in [6, 6.07) is 16.1. The van der Waals surface area contributed by atoms with E-state index in [4.69, 9.17) is 42.1 Å². The number of ether oxygens (including phenoxy) is 4. The van der Waals surface area contributed by atoms with Crippen molar-refractivity contribution >= 4 is 41.3 Å². The summed E-state index contributed by atoms with van der Waals surface area (Å²) in [6.45, 7) is 1.56. The molecule has 10 heteroatoms. The van der Waals surface area contributed by atoms with Crippen LogP contribution in [0.5, 0.6) is 23.0 Å². The van der Waals surface area contributed by atoms with Gasteiger partial charge < -0.3 is 18.9 Å². The van der Waals surface area contributed by atoms with Crippen LogP contribution in [-0.2, 0) is 4.79 Å². The molecule has 0 aromatic heterocycles. The van der Waals surface area contributed by atoms with Crippen LogP contribution in [0.1, 0.15) is 22.8 Å². The number of hydrazone groups is 1. The molecular weight excluding hydrogens is 495 g/mol. The molecule has 3 aromatic rings. The van der Waals surface area contributed by atoms with E-state index in [0.717, 1.165) is 0 Å². The van der Waals surface area contributed by atoms with Crippen LogP contribution in [0.3, 0.4) is 0 Å². The quantitative estimate of drug-likeness (QED) is 0.183. The van der Waals surface area contributed by atoms with Crippen molar-refractivity contribution in [3.05, 3.63) is 81.8 Å². The molecule has 0 heterocycles. The molecule has 0 fully saturated rings. The van der Waals surface area contributed by atoms with Crippen molar-refractivity contribution in [1.82, 2.24) is 5.43 Å². The zero-order chi connectivity index (χ0) is 25.4. The van der Waals surface area contributed by atoms with Gasteiger partial charge in [0.1, 0.15) is 11.5 Å². The van der Waals surface area contributed by atoms with Crippen molar-refractivity contribution in [2.45, 2.75) is 13.0 Å². The Kier molecular flexibility index (Phi) is 8.94. The molecule has 0 saturated carbocycles. The molecule has 0 bridgehead atoms. The number of rotatable bonds is 9. The Morgan fingerprint density at radius 2 is 1.63 bits per heavy atom. The van der Waals surface area contributed by atoms with Crippen molar-refractivity contribution < 1.29 is 28.5 Å². The van der Waals surface area contributed by atoms with E-state index in [9.17, 15) is 9.59 Å². The first-order valence-corrected chi connectivity index (χ1v) is 11.0. The number of carbonyl (C=O) groups excluding carboxylic acids is 2. The van der Waals surface area contributed by atoms with E-state index in [-0.39, 0.29) is 5.75 Å². The lowest BCUT2D eigenvalue weighted by atomic mass is 10.2. The molecule has 0 aliphatic heterocycles. The Morgan fingerprint density at radius 3 is 2.29 bits per heavy atom. The van der Waals surface area contributed by atoms with E-state index in [1.807, 2.05) is 0 Å². The highest BCUT2D eigenvalue weighted by Gasteiger charge is 2.16. The monoisotopic (exact) mass is 516 g/mol. The number of hydrogen-bond acceptors (Lipinski definition) is 7. The topological polar surface area (TPSA) is 95.5 Å². The first-order chi connectivity index (χ1) is 16.8. The second-order valence-electron chi connectivity index (χ2n) is 7.10. The van der Waals surface area contributed by atoms with Crippen molar-refractivity contribution in [1.29, 1.82) is 0 Å². The van der Waals surface area contributed by atoms with Crippen molar-refractivity contribution in [3.63, 3.8) is 0 Å². The van der Waals surface area contributed by atoms with E-state index in [0.29, 0.717) is 38.4 Å². The summed E-state index contributed by atoms with van der Waals surface area (Å²) in [5.74, 6) is 0.475. The third-order valence-electron chi connectivity index (χ3n) is 4.67. The molecule has 1 amide bonds. The van der Waals surface area contributed by atoms with Gasteiger partial charge in [-0.1, -0.05) is 23.2 Å². The molecule has 1 unspecified atom stereocenters. The van der Waals surface area contributed by atoms with Crippen LogP contribution < -0.4 is 24.4 Å². The van der Waals surface area contributed by atoms with Crippen LogP contribution in [0.15, 0.2) is 65.8 Å². The second kappa shape index (κ2) is 12.1. The highest BCUT2D eigenvalue weighted by Crippen LogP contribution is 2.29. The summed E-state index contributed by atoms with van der Waals surface area (Å²) in [4.78, 5) is 24.7. The minimum Gasteiger partial charge on any atom is -0.497 e. The average molecular weight is 517 g/mol. The predicted octanol–water partition coefficient (Wildman–Crippen LogP) is 5.15. The maximum absolute atomic E-state index is 12.4. The molecule has 0 radical (unpaired) electrons. The van der Waals surface area contributed by atoms with E-state index in [2.05, 4.69) is 10.5 Å². The maximum Gasteiger partial charge on any atom is 0.343 e. The SMILES string of the molecule is COc1ccc(C(=O)Oc2ccc(/C=N/NC(=O)C(C)Oc3ccc(Cl)cc3Cl)cc2OC)cc1. The number of benzene rings is 3. The van der Waals surface area contributed by atoms with E-state index in [1.165, 1.54) is 19.4 Å². The number of carbonyl (C=O) groups is 2. The van der Waals surface area contributed by atoms with Crippen molar-refractivity contribution in [2.75, 3.05) is 14.2 Å². The number of hydrogen-bond donors (Lipinski definition) is 1. The molecule has 3 aromatic carbocycles. The smallest absolute Gasteiger partial charge is 0.343 e. The molecule has 182 valence electrons. The summed E-state index contributed by atoms with van der Waals surface area (Å²) >= 11 is 11.9. The highest BCUT2D eigenvalue weighted by molar-refractivity contribution is 6.35. The standard InChI is InChI=1S/C25H22Cl2N2O6/c1-15(34-21-11-7-18(26)13-20(21)27)24(30)29-28-14-16-4-10-22(23(12-16)33-3)35-25(31)17-5-8-19(32-2)9-6-17/h4-15H,1-3H3,(H,29,30)/b28-14+. The van der Waals surface area contributed by atoms with Gasteiger partial charge in [0, 0.05) is 5.02 Å². The van der Waals surface area contributed by atoms with Gasteiger partial charge in [-0.15, -0.1) is 0 Å². The summed E-state index contributed by atoms with van der Waals surface area (Å²) in [6.07, 6.45) is 0.553. The van der Waals surface area contributed by atoms with Gasteiger partial charge in [0.05, 0.1) is 31.0 Å². The molecule has 0 spiro atoms. The van der Waals surface area contributed by atoms with Crippen molar-refractivity contribution in [3.8, 4) is 23.0 Å². The molecular formula is C25H22Cl2N2O6. The van der Waals surface area contributed by atoms with E-state index >= 15 is 0 Å². The summed E-state index contributed by atoms with van der Waals surface area (Å²) in [5, 5.41) is 4.69. The summed E-state index contributed by atoms with van der Waals surface area (Å²) < 4.78 is 21.4. The molecule has 35 heavy (non-hydrogen) atoms. The van der Waals surface area contributed by atoms with Crippen LogP contribution in [0.2, 0.25) is 10.0 Å². The minimum atomic E-state index is -0.861. The normalized spacial score (nSPS) is 11.6. The number of nitrogens with zero attached hydrogens (tertiary/aromatic N) is 1. The lowest BCUT2D eigenvalue weighted by Crippen LogP contribution is -2.33. The van der Waals surface area contributed by atoms with Crippen LogP contribution in [0.25, 0.3) is 0 Å². The summed E-state index contributed by atoms with van der Waals surface area (Å²) in [5.41, 5.74) is 3.35. The van der Waals surface area contributed by atoms with Crippen molar-refractivity contribution in [2.24, 2.45) is 5.10 Å². The maximum atomic E-state index is 12.4. The first kappa shape index (κ1) is 25.9. The zero-order valence-electron chi connectivity index (χ0n) is 19.1. The fourth-order valence-electron chi connectivity index (χ4n) is 2.81. The second-order valence-corrected chi connectivity index (χ2v) is 7.94. The molecule has 0 aliphatic carbocycles. The number of methoxy groups -OCH3 is 2. The Labute approximate surface area is 212 Å². The fourth-order valence-corrected chi connectivity index (χ4v) is 3.26. The largest absolute Gasteiger partial charge is 0.497 e.